The molecular weight excluding hydrogens is 411 g/mol. The maximum Gasteiger partial charge on any atom is 0.324 e. The van der Waals surface area contributed by atoms with Crippen molar-refractivity contribution in [2.24, 2.45) is 0 Å². The van der Waals surface area contributed by atoms with Crippen LogP contribution in [0.1, 0.15) is 40.2 Å². The summed E-state index contributed by atoms with van der Waals surface area (Å²) in [6.45, 7) is 3.97. The van der Waals surface area contributed by atoms with Gasteiger partial charge in [0.05, 0.1) is 6.26 Å². The molecule has 162 valence electrons. The minimum absolute atomic E-state index is 0.275. The zero-order chi connectivity index (χ0) is 22.1. The van der Waals surface area contributed by atoms with Crippen LogP contribution >= 0.6 is 0 Å². The first-order valence-electron chi connectivity index (χ1n) is 9.65. The molecule has 0 N–H and O–H groups in total. The van der Waals surface area contributed by atoms with Gasteiger partial charge >= 0.3 is 5.97 Å². The Morgan fingerprint density at radius 3 is 2.50 bits per heavy atom. The number of aryl methyl sites for hydroxylation is 1. The van der Waals surface area contributed by atoms with E-state index in [1.54, 1.807) is 25.1 Å². The summed E-state index contributed by atoms with van der Waals surface area (Å²) in [5.41, 5.74) is 2.90. The van der Waals surface area contributed by atoms with Gasteiger partial charge in [0.1, 0.15) is 11.9 Å². The number of sulfonamides is 1. The zero-order valence-corrected chi connectivity index (χ0v) is 18.0. The van der Waals surface area contributed by atoms with Crippen molar-refractivity contribution in [3.8, 4) is 0 Å². The quantitative estimate of drug-likeness (QED) is 0.492. The van der Waals surface area contributed by atoms with Gasteiger partial charge in [0, 0.05) is 30.0 Å². The van der Waals surface area contributed by atoms with Crippen LogP contribution in [0.3, 0.4) is 0 Å². The van der Waals surface area contributed by atoms with Gasteiger partial charge in [0.15, 0.2) is 6.61 Å². The van der Waals surface area contributed by atoms with E-state index in [0.717, 1.165) is 27.5 Å². The van der Waals surface area contributed by atoms with Gasteiger partial charge in [-0.2, -0.15) is 4.31 Å². The van der Waals surface area contributed by atoms with Crippen LogP contribution in [0.2, 0.25) is 0 Å². The summed E-state index contributed by atoms with van der Waals surface area (Å²) in [5.74, 6) is -1.37. The molecule has 0 spiro atoms. The van der Waals surface area contributed by atoms with Crippen LogP contribution in [0, 0.1) is 19.7 Å². The number of nitrogens with zero attached hydrogens (tertiary/aromatic N) is 2. The van der Waals surface area contributed by atoms with E-state index in [-0.39, 0.29) is 18.1 Å². The molecule has 0 bridgehead atoms. The van der Waals surface area contributed by atoms with E-state index in [9.17, 15) is 22.4 Å². The fourth-order valence-corrected chi connectivity index (χ4v) is 4.90. The van der Waals surface area contributed by atoms with Gasteiger partial charge in [-0.25, -0.2) is 12.8 Å². The summed E-state index contributed by atoms with van der Waals surface area (Å²) in [4.78, 5) is 25.0. The molecule has 1 aromatic carbocycles. The predicted octanol–water partition coefficient (Wildman–Crippen LogP) is 2.44. The first-order valence-corrected chi connectivity index (χ1v) is 11.5. The van der Waals surface area contributed by atoms with Crippen LogP contribution in [0.15, 0.2) is 30.3 Å². The van der Waals surface area contributed by atoms with Crippen molar-refractivity contribution < 1.29 is 27.1 Å². The summed E-state index contributed by atoms with van der Waals surface area (Å²) >= 11 is 0. The normalized spacial score (nSPS) is 17.3. The number of Topliss-reactive ketones (excluding diaryl/α,β-unsaturated/α-hetero) is 1. The maximum absolute atomic E-state index is 13.1. The Bertz CT molecular complexity index is 1060. The Morgan fingerprint density at radius 2 is 1.87 bits per heavy atom. The van der Waals surface area contributed by atoms with E-state index in [2.05, 4.69) is 0 Å². The van der Waals surface area contributed by atoms with Crippen molar-refractivity contribution >= 4 is 21.8 Å². The van der Waals surface area contributed by atoms with Crippen molar-refractivity contribution in [3.63, 3.8) is 0 Å². The van der Waals surface area contributed by atoms with Crippen molar-refractivity contribution in [1.29, 1.82) is 0 Å². The molecule has 1 aliphatic rings. The predicted molar refractivity (Wildman–Crippen MR) is 109 cm³/mol. The third-order valence-corrected chi connectivity index (χ3v) is 6.66. The van der Waals surface area contributed by atoms with Gasteiger partial charge < -0.3 is 9.30 Å². The molecular formula is C21H25FN2O5S. The molecule has 1 unspecified atom stereocenters. The van der Waals surface area contributed by atoms with Crippen molar-refractivity contribution in [2.75, 3.05) is 19.4 Å². The van der Waals surface area contributed by atoms with Gasteiger partial charge in [0.2, 0.25) is 15.8 Å². The van der Waals surface area contributed by atoms with E-state index in [0.29, 0.717) is 24.9 Å². The Balaban J connectivity index is 1.67. The molecule has 1 saturated heterocycles. The fourth-order valence-electron chi connectivity index (χ4n) is 3.78. The first-order chi connectivity index (χ1) is 14.1. The van der Waals surface area contributed by atoms with E-state index in [4.69, 9.17) is 4.74 Å². The molecule has 1 atom stereocenters. The Labute approximate surface area is 175 Å². The number of esters is 1. The van der Waals surface area contributed by atoms with Crippen molar-refractivity contribution in [2.45, 2.75) is 39.3 Å². The van der Waals surface area contributed by atoms with Gasteiger partial charge in [-0.05, 0) is 50.5 Å². The number of rotatable bonds is 7. The molecule has 0 aliphatic carbocycles. The molecule has 30 heavy (non-hydrogen) atoms. The smallest absolute Gasteiger partial charge is 0.324 e. The molecule has 1 aliphatic heterocycles. The summed E-state index contributed by atoms with van der Waals surface area (Å²) in [7, 11) is -3.51. The molecule has 1 aromatic heterocycles. The summed E-state index contributed by atoms with van der Waals surface area (Å²) in [6, 6.07) is 7.00. The number of carbonyl (C=O) groups excluding carboxylic acids is 2. The SMILES string of the molecule is Cc1cc(C(=O)COC(=O)C2CCCN2S(C)(=O)=O)c(C)n1Cc1ccc(F)cc1. The lowest BCUT2D eigenvalue weighted by molar-refractivity contribution is -0.146. The second-order valence-corrected chi connectivity index (χ2v) is 9.50. The van der Waals surface area contributed by atoms with E-state index < -0.39 is 28.6 Å². The largest absolute Gasteiger partial charge is 0.456 e. The number of aromatic nitrogens is 1. The van der Waals surface area contributed by atoms with E-state index in [1.165, 1.54) is 12.1 Å². The molecule has 0 amide bonds. The standard InChI is InChI=1S/C21H25FN2O5S/c1-14-11-18(15(2)23(14)12-16-6-8-17(22)9-7-16)20(25)13-29-21(26)19-5-4-10-24(19)30(3,27)28/h6-9,11,19H,4-5,10,12-13H2,1-3H3. The lowest BCUT2D eigenvalue weighted by atomic mass is 10.1. The monoisotopic (exact) mass is 436 g/mol. The summed E-state index contributed by atoms with van der Waals surface area (Å²) in [6.07, 6.45) is 2.01. The highest BCUT2D eigenvalue weighted by Crippen LogP contribution is 2.22. The van der Waals surface area contributed by atoms with E-state index in [1.807, 2.05) is 11.5 Å². The van der Waals surface area contributed by atoms with Crippen LogP contribution in [-0.2, 0) is 26.1 Å². The topological polar surface area (TPSA) is 85.7 Å². The molecule has 0 saturated carbocycles. The highest BCUT2D eigenvalue weighted by atomic mass is 32.2. The molecule has 9 heteroatoms. The Kier molecular flexibility index (Phi) is 6.42. The molecule has 2 aromatic rings. The maximum atomic E-state index is 13.1. The average Bonchev–Trinajstić information content (AvgIpc) is 3.28. The average molecular weight is 437 g/mol. The second-order valence-electron chi connectivity index (χ2n) is 7.56. The van der Waals surface area contributed by atoms with Gasteiger partial charge in [-0.15, -0.1) is 0 Å². The lowest BCUT2D eigenvalue weighted by Crippen LogP contribution is -2.41. The number of benzene rings is 1. The van der Waals surface area contributed by atoms with Crippen LogP contribution in [-0.4, -0.2) is 54.5 Å². The van der Waals surface area contributed by atoms with Crippen LogP contribution in [0.5, 0.6) is 0 Å². The van der Waals surface area contributed by atoms with Gasteiger partial charge in [0.25, 0.3) is 0 Å². The second kappa shape index (κ2) is 8.69. The van der Waals surface area contributed by atoms with Gasteiger partial charge in [-0.3, -0.25) is 9.59 Å². The number of halogens is 1. The first kappa shape index (κ1) is 22.2. The highest BCUT2D eigenvalue weighted by Gasteiger charge is 2.37. The number of ether oxygens (including phenoxy) is 1. The summed E-state index contributed by atoms with van der Waals surface area (Å²) < 4.78 is 44.9. The van der Waals surface area contributed by atoms with Crippen molar-refractivity contribution in [1.82, 2.24) is 8.87 Å². The third-order valence-electron chi connectivity index (χ3n) is 5.38. The summed E-state index contributed by atoms with van der Waals surface area (Å²) in [5, 5.41) is 0. The number of ketones is 1. The molecule has 7 nitrogen and oxygen atoms in total. The Morgan fingerprint density at radius 1 is 1.20 bits per heavy atom. The highest BCUT2D eigenvalue weighted by molar-refractivity contribution is 7.88. The number of hydrogen-bond acceptors (Lipinski definition) is 5. The van der Waals surface area contributed by atoms with Crippen LogP contribution in [0.4, 0.5) is 4.39 Å². The minimum Gasteiger partial charge on any atom is -0.456 e. The fraction of sp³-hybridized carbons (Fsp3) is 0.429. The number of carbonyl (C=O) groups is 2. The molecule has 1 fully saturated rings. The lowest BCUT2D eigenvalue weighted by Gasteiger charge is -2.20. The van der Waals surface area contributed by atoms with Crippen LogP contribution < -0.4 is 0 Å². The van der Waals surface area contributed by atoms with Gasteiger partial charge in [-0.1, -0.05) is 12.1 Å². The molecule has 2 heterocycles. The molecule has 0 radical (unpaired) electrons. The Hall–Kier alpha value is -2.52. The molecule has 3 rings (SSSR count). The van der Waals surface area contributed by atoms with Crippen LogP contribution in [0.25, 0.3) is 0 Å². The van der Waals surface area contributed by atoms with E-state index >= 15 is 0 Å². The minimum atomic E-state index is -3.51. The third kappa shape index (κ3) is 4.79. The van der Waals surface area contributed by atoms with Crippen molar-refractivity contribution in [3.05, 3.63) is 58.7 Å². The number of hydrogen-bond donors (Lipinski definition) is 0. The zero-order valence-electron chi connectivity index (χ0n) is 17.2.